The first-order valence-electron chi connectivity index (χ1n) is 6.79. The van der Waals surface area contributed by atoms with Gasteiger partial charge in [-0.25, -0.2) is 0 Å². The van der Waals surface area contributed by atoms with E-state index in [-0.39, 0.29) is 0 Å². The summed E-state index contributed by atoms with van der Waals surface area (Å²) in [5.74, 6) is 0.905. The second-order valence-corrected chi connectivity index (χ2v) is 7.12. The largest absolute Gasteiger partial charge is 0.360 e. The molecule has 1 saturated carbocycles. The molecular weight excluding hydrogens is 294 g/mol. The second-order valence-electron chi connectivity index (χ2n) is 5.32. The minimum atomic E-state index is 0.696. The molecule has 1 aliphatic carbocycles. The minimum absolute atomic E-state index is 0.696. The van der Waals surface area contributed by atoms with E-state index in [9.17, 15) is 0 Å². The van der Waals surface area contributed by atoms with Gasteiger partial charge >= 0.3 is 0 Å². The molecule has 3 rings (SSSR count). The molecule has 1 aliphatic rings. The normalized spacial score (nSPS) is 15.2. The van der Waals surface area contributed by atoms with Crippen LogP contribution in [0.5, 0.6) is 0 Å². The van der Waals surface area contributed by atoms with Crippen LogP contribution >= 0.6 is 22.9 Å². The second kappa shape index (κ2) is 6.26. The summed E-state index contributed by atoms with van der Waals surface area (Å²) in [6.07, 6.45) is 2.58. The molecule has 0 amide bonds. The molecule has 2 heterocycles. The van der Waals surface area contributed by atoms with Crippen LogP contribution in [0.1, 0.15) is 29.2 Å². The van der Waals surface area contributed by atoms with Gasteiger partial charge in [0.1, 0.15) is 0 Å². The smallest absolute Gasteiger partial charge is 0.151 e. The first kappa shape index (κ1) is 14.1. The Morgan fingerprint density at radius 2 is 2.30 bits per heavy atom. The number of nitrogens with one attached hydrogen (secondary N) is 1. The van der Waals surface area contributed by atoms with Gasteiger partial charge in [-0.05, 0) is 32.0 Å². The lowest BCUT2D eigenvalue weighted by atomic mass is 10.3. The van der Waals surface area contributed by atoms with E-state index < -0.39 is 0 Å². The molecule has 0 aromatic carbocycles. The minimum Gasteiger partial charge on any atom is -0.360 e. The summed E-state index contributed by atoms with van der Waals surface area (Å²) in [4.78, 5) is 3.45. The monoisotopic (exact) mass is 311 g/mol. The van der Waals surface area contributed by atoms with E-state index in [1.807, 2.05) is 12.1 Å². The van der Waals surface area contributed by atoms with E-state index in [2.05, 4.69) is 28.5 Å². The summed E-state index contributed by atoms with van der Waals surface area (Å²) in [5.41, 5.74) is 0.986. The highest BCUT2D eigenvalue weighted by Gasteiger charge is 2.20. The van der Waals surface area contributed by atoms with Crippen LogP contribution in [-0.4, -0.2) is 23.1 Å². The molecule has 6 heteroatoms. The van der Waals surface area contributed by atoms with Crippen molar-refractivity contribution in [2.75, 3.05) is 7.05 Å². The molecule has 4 nitrogen and oxygen atoms in total. The maximum atomic E-state index is 5.94. The van der Waals surface area contributed by atoms with Crippen LogP contribution in [-0.2, 0) is 19.6 Å². The molecule has 0 saturated heterocycles. The van der Waals surface area contributed by atoms with Gasteiger partial charge in [-0.1, -0.05) is 16.8 Å². The van der Waals surface area contributed by atoms with Crippen LogP contribution in [0, 0.1) is 0 Å². The van der Waals surface area contributed by atoms with E-state index in [0.29, 0.717) is 6.04 Å². The van der Waals surface area contributed by atoms with Gasteiger partial charge in [0.05, 0.1) is 16.6 Å². The van der Waals surface area contributed by atoms with Crippen molar-refractivity contribution in [1.82, 2.24) is 15.4 Å². The molecule has 1 N–H and O–H groups in total. The van der Waals surface area contributed by atoms with Crippen molar-refractivity contribution in [2.24, 2.45) is 0 Å². The molecule has 0 aliphatic heterocycles. The third-order valence-electron chi connectivity index (χ3n) is 3.24. The van der Waals surface area contributed by atoms with Crippen molar-refractivity contribution in [2.45, 2.75) is 38.5 Å². The highest BCUT2D eigenvalue weighted by atomic mass is 35.5. The fourth-order valence-corrected chi connectivity index (χ4v) is 3.24. The molecule has 2 aromatic rings. The van der Waals surface area contributed by atoms with Gasteiger partial charge in [-0.3, -0.25) is 4.90 Å². The van der Waals surface area contributed by atoms with Crippen LogP contribution in [0.4, 0.5) is 0 Å². The fraction of sp³-hybridized carbons (Fsp3) is 0.500. The SMILES string of the molecule is CN(Cc1cc(CNC2CC2)no1)Cc1ccc(Cl)s1. The lowest BCUT2D eigenvalue weighted by molar-refractivity contribution is 0.267. The standard InChI is InChI=1S/C14H18ClN3OS/c1-18(9-13-4-5-14(15)20-13)8-12-6-11(17-19-12)7-16-10-2-3-10/h4-6,10,16H,2-3,7-9H2,1H3. The topological polar surface area (TPSA) is 41.3 Å². The molecule has 20 heavy (non-hydrogen) atoms. The van der Waals surface area contributed by atoms with Crippen molar-refractivity contribution < 1.29 is 4.52 Å². The third kappa shape index (κ3) is 4.06. The summed E-state index contributed by atoms with van der Waals surface area (Å²) in [6, 6.07) is 6.73. The first-order valence-corrected chi connectivity index (χ1v) is 7.99. The van der Waals surface area contributed by atoms with Crippen LogP contribution in [0.15, 0.2) is 22.7 Å². The van der Waals surface area contributed by atoms with Crippen LogP contribution in [0.3, 0.4) is 0 Å². The zero-order chi connectivity index (χ0) is 13.9. The lowest BCUT2D eigenvalue weighted by Gasteiger charge is -2.12. The highest BCUT2D eigenvalue weighted by Crippen LogP contribution is 2.23. The molecule has 2 aromatic heterocycles. The van der Waals surface area contributed by atoms with Crippen molar-refractivity contribution in [1.29, 1.82) is 0 Å². The number of rotatable bonds is 7. The zero-order valence-electron chi connectivity index (χ0n) is 11.4. The van der Waals surface area contributed by atoms with Gasteiger partial charge in [0.15, 0.2) is 5.76 Å². The van der Waals surface area contributed by atoms with Gasteiger partial charge in [0, 0.05) is 30.1 Å². The molecule has 0 unspecified atom stereocenters. The quantitative estimate of drug-likeness (QED) is 0.852. The van der Waals surface area contributed by atoms with Gasteiger partial charge in [-0.2, -0.15) is 0 Å². The summed E-state index contributed by atoms with van der Waals surface area (Å²) in [5, 5.41) is 7.53. The predicted molar refractivity (Wildman–Crippen MR) is 80.9 cm³/mol. The van der Waals surface area contributed by atoms with Gasteiger partial charge in [0.25, 0.3) is 0 Å². The van der Waals surface area contributed by atoms with Gasteiger partial charge in [0.2, 0.25) is 0 Å². The van der Waals surface area contributed by atoms with E-state index >= 15 is 0 Å². The van der Waals surface area contributed by atoms with Gasteiger partial charge in [-0.15, -0.1) is 11.3 Å². The number of nitrogens with zero attached hydrogens (tertiary/aromatic N) is 2. The van der Waals surface area contributed by atoms with Crippen molar-refractivity contribution in [3.05, 3.63) is 38.9 Å². The van der Waals surface area contributed by atoms with Crippen LogP contribution in [0.25, 0.3) is 0 Å². The number of halogens is 1. The molecule has 108 valence electrons. The van der Waals surface area contributed by atoms with Gasteiger partial charge < -0.3 is 9.84 Å². The Hall–Kier alpha value is -0.880. The van der Waals surface area contributed by atoms with Crippen molar-refractivity contribution >= 4 is 22.9 Å². The molecular formula is C14H18ClN3OS. The Balaban J connectivity index is 1.48. The zero-order valence-corrected chi connectivity index (χ0v) is 13.0. The lowest BCUT2D eigenvalue weighted by Crippen LogP contribution is -2.16. The molecule has 0 atom stereocenters. The van der Waals surface area contributed by atoms with Crippen LogP contribution in [0.2, 0.25) is 4.34 Å². The Morgan fingerprint density at radius 3 is 3.00 bits per heavy atom. The fourth-order valence-electron chi connectivity index (χ4n) is 2.07. The molecule has 1 fully saturated rings. The summed E-state index contributed by atoms with van der Waals surface area (Å²) >= 11 is 7.55. The maximum absolute atomic E-state index is 5.94. The average Bonchev–Trinajstić information content (AvgIpc) is 3.00. The first-order chi connectivity index (χ1) is 9.69. The van der Waals surface area contributed by atoms with Crippen molar-refractivity contribution in [3.63, 3.8) is 0 Å². The Kier molecular flexibility index (Phi) is 4.41. The highest BCUT2D eigenvalue weighted by molar-refractivity contribution is 7.16. The average molecular weight is 312 g/mol. The molecule has 0 spiro atoms. The summed E-state index contributed by atoms with van der Waals surface area (Å²) < 4.78 is 6.21. The maximum Gasteiger partial charge on any atom is 0.151 e. The van der Waals surface area contributed by atoms with E-state index in [1.54, 1.807) is 11.3 Å². The van der Waals surface area contributed by atoms with E-state index in [0.717, 1.165) is 35.4 Å². The number of hydrogen-bond donors (Lipinski definition) is 1. The van der Waals surface area contributed by atoms with E-state index in [1.165, 1.54) is 17.7 Å². The summed E-state index contributed by atoms with van der Waals surface area (Å²) in [6.45, 7) is 2.43. The Labute approximate surface area is 127 Å². The Bertz CT molecular complexity index is 564. The Morgan fingerprint density at radius 1 is 1.45 bits per heavy atom. The van der Waals surface area contributed by atoms with E-state index in [4.69, 9.17) is 16.1 Å². The third-order valence-corrected chi connectivity index (χ3v) is 4.45. The number of thiophene rings is 1. The van der Waals surface area contributed by atoms with Crippen LogP contribution < -0.4 is 5.32 Å². The molecule has 0 radical (unpaired) electrons. The number of aromatic nitrogens is 1. The van der Waals surface area contributed by atoms with Crippen molar-refractivity contribution in [3.8, 4) is 0 Å². The number of hydrogen-bond acceptors (Lipinski definition) is 5. The molecule has 0 bridgehead atoms. The predicted octanol–water partition coefficient (Wildman–Crippen LogP) is 3.27. The summed E-state index contributed by atoms with van der Waals surface area (Å²) in [7, 11) is 2.07.